The highest BCUT2D eigenvalue weighted by atomic mass is 79.9. The minimum atomic E-state index is -0.925. The van der Waals surface area contributed by atoms with Crippen molar-refractivity contribution in [2.24, 2.45) is 5.73 Å². The number of halogens is 3. The fourth-order valence-electron chi connectivity index (χ4n) is 2.45. The summed E-state index contributed by atoms with van der Waals surface area (Å²) in [7, 11) is 0. The number of nitrogens with one attached hydrogen (secondary N) is 1. The first kappa shape index (κ1) is 15.3. The highest BCUT2D eigenvalue weighted by Crippen LogP contribution is 2.31. The third-order valence-electron chi connectivity index (χ3n) is 3.52. The number of carbonyl (C=O) groups is 1. The van der Waals surface area contributed by atoms with E-state index in [1.165, 1.54) is 0 Å². The van der Waals surface area contributed by atoms with Crippen molar-refractivity contribution in [2.45, 2.75) is 31.2 Å². The van der Waals surface area contributed by atoms with Gasteiger partial charge in [0.1, 0.15) is 17.2 Å². The van der Waals surface area contributed by atoms with E-state index in [4.69, 9.17) is 18.0 Å². The third kappa shape index (κ3) is 2.83. The Labute approximate surface area is 129 Å². The van der Waals surface area contributed by atoms with Crippen LogP contribution in [-0.2, 0) is 0 Å². The second kappa shape index (κ2) is 5.73. The maximum Gasteiger partial charge on any atom is 0.258 e. The molecule has 1 aromatic rings. The minimum absolute atomic E-state index is 0.154. The van der Waals surface area contributed by atoms with Crippen LogP contribution in [0.1, 0.15) is 36.0 Å². The van der Waals surface area contributed by atoms with Gasteiger partial charge in [-0.25, -0.2) is 8.78 Å². The number of benzene rings is 1. The van der Waals surface area contributed by atoms with E-state index in [1.807, 2.05) is 0 Å². The highest BCUT2D eigenvalue weighted by molar-refractivity contribution is 9.10. The molecule has 1 aromatic carbocycles. The number of hydrogen-bond donors (Lipinski definition) is 2. The molecule has 0 spiro atoms. The van der Waals surface area contributed by atoms with Crippen LogP contribution in [-0.4, -0.2) is 16.4 Å². The van der Waals surface area contributed by atoms with E-state index in [-0.39, 0.29) is 9.46 Å². The first-order valence-corrected chi connectivity index (χ1v) is 7.33. The van der Waals surface area contributed by atoms with Crippen LogP contribution in [0.25, 0.3) is 0 Å². The summed E-state index contributed by atoms with van der Waals surface area (Å²) in [5, 5.41) is 2.61. The Morgan fingerprint density at radius 2 is 1.80 bits per heavy atom. The fourth-order valence-corrected chi connectivity index (χ4v) is 3.11. The molecule has 3 nitrogen and oxygen atoms in total. The molecule has 0 atom stereocenters. The minimum Gasteiger partial charge on any atom is -0.391 e. The number of carbonyl (C=O) groups excluding carboxylic acids is 1. The van der Waals surface area contributed by atoms with Crippen LogP contribution in [0, 0.1) is 11.6 Å². The van der Waals surface area contributed by atoms with Gasteiger partial charge in [-0.05, 0) is 25.0 Å². The lowest BCUT2D eigenvalue weighted by molar-refractivity contribution is 0.0916. The van der Waals surface area contributed by atoms with Gasteiger partial charge in [-0.15, -0.1) is 0 Å². The molecular weight excluding hydrogens is 350 g/mol. The zero-order valence-electron chi connectivity index (χ0n) is 10.5. The highest BCUT2D eigenvalue weighted by Gasteiger charge is 2.39. The van der Waals surface area contributed by atoms with Gasteiger partial charge < -0.3 is 11.1 Å². The number of nitrogens with two attached hydrogens (primary N) is 1. The Kier molecular flexibility index (Phi) is 4.39. The SMILES string of the molecule is NC(=S)C1(NC(=O)c2c(F)cc(Br)cc2F)CCCC1. The summed E-state index contributed by atoms with van der Waals surface area (Å²) in [6.07, 6.45) is 2.91. The normalized spacial score (nSPS) is 16.9. The molecule has 0 aliphatic heterocycles. The molecule has 0 saturated heterocycles. The zero-order valence-corrected chi connectivity index (χ0v) is 12.9. The van der Waals surface area contributed by atoms with Gasteiger partial charge in [0.2, 0.25) is 0 Å². The van der Waals surface area contributed by atoms with Gasteiger partial charge in [0.25, 0.3) is 5.91 Å². The fraction of sp³-hybridized carbons (Fsp3) is 0.385. The van der Waals surface area contributed by atoms with Crippen molar-refractivity contribution in [1.29, 1.82) is 0 Å². The summed E-state index contributed by atoms with van der Waals surface area (Å²) in [5.74, 6) is -2.68. The Morgan fingerprint density at radius 3 is 2.25 bits per heavy atom. The monoisotopic (exact) mass is 362 g/mol. The van der Waals surface area contributed by atoms with Gasteiger partial charge in [0.15, 0.2) is 0 Å². The first-order valence-electron chi connectivity index (χ1n) is 6.13. The molecule has 20 heavy (non-hydrogen) atoms. The third-order valence-corrected chi connectivity index (χ3v) is 4.36. The van der Waals surface area contributed by atoms with Crippen LogP contribution in [0.5, 0.6) is 0 Å². The van der Waals surface area contributed by atoms with Gasteiger partial charge >= 0.3 is 0 Å². The smallest absolute Gasteiger partial charge is 0.258 e. The van der Waals surface area contributed by atoms with E-state index >= 15 is 0 Å². The van der Waals surface area contributed by atoms with Crippen LogP contribution in [0.3, 0.4) is 0 Å². The Balaban J connectivity index is 2.31. The van der Waals surface area contributed by atoms with E-state index in [9.17, 15) is 13.6 Å². The van der Waals surface area contributed by atoms with E-state index in [1.54, 1.807) is 0 Å². The van der Waals surface area contributed by atoms with Crippen molar-refractivity contribution in [3.8, 4) is 0 Å². The first-order chi connectivity index (χ1) is 9.35. The molecule has 1 fully saturated rings. The van der Waals surface area contributed by atoms with Crippen molar-refractivity contribution in [1.82, 2.24) is 5.32 Å². The van der Waals surface area contributed by atoms with E-state index in [0.29, 0.717) is 12.8 Å². The molecule has 3 N–H and O–H groups in total. The lowest BCUT2D eigenvalue weighted by atomic mass is 9.97. The maximum atomic E-state index is 13.8. The molecule has 1 aliphatic rings. The topological polar surface area (TPSA) is 55.1 Å². The van der Waals surface area contributed by atoms with Gasteiger partial charge in [-0.2, -0.15) is 0 Å². The van der Waals surface area contributed by atoms with Crippen LogP contribution >= 0.6 is 28.1 Å². The van der Waals surface area contributed by atoms with Crippen LogP contribution in [0.4, 0.5) is 8.78 Å². The van der Waals surface area contributed by atoms with Crippen molar-refractivity contribution >= 4 is 39.0 Å². The largest absolute Gasteiger partial charge is 0.391 e. The van der Waals surface area contributed by atoms with Crippen LogP contribution < -0.4 is 11.1 Å². The molecule has 2 rings (SSSR count). The van der Waals surface area contributed by atoms with Crippen molar-refractivity contribution in [3.05, 3.63) is 33.8 Å². The molecule has 7 heteroatoms. The Bertz CT molecular complexity index is 550. The molecule has 1 aliphatic carbocycles. The van der Waals surface area contributed by atoms with Crippen molar-refractivity contribution < 1.29 is 13.6 Å². The van der Waals surface area contributed by atoms with E-state index in [2.05, 4.69) is 21.2 Å². The molecule has 1 saturated carbocycles. The van der Waals surface area contributed by atoms with Gasteiger partial charge in [-0.3, -0.25) is 4.79 Å². The second-order valence-corrected chi connectivity index (χ2v) is 6.21. The lowest BCUT2D eigenvalue weighted by Gasteiger charge is -2.29. The molecule has 108 valence electrons. The number of hydrogen-bond acceptors (Lipinski definition) is 2. The summed E-state index contributed by atoms with van der Waals surface area (Å²) >= 11 is 7.96. The Morgan fingerprint density at radius 1 is 1.30 bits per heavy atom. The molecular formula is C13H13BrF2N2OS. The Hall–Kier alpha value is -1.08. The van der Waals surface area contributed by atoms with Gasteiger partial charge in [0, 0.05) is 4.47 Å². The zero-order chi connectivity index (χ0) is 14.9. The molecule has 0 radical (unpaired) electrons. The maximum absolute atomic E-state index is 13.8. The molecule has 0 aromatic heterocycles. The number of thiocarbonyl (C=S) groups is 1. The van der Waals surface area contributed by atoms with Crippen LogP contribution in [0.15, 0.2) is 16.6 Å². The summed E-state index contributed by atoms with van der Waals surface area (Å²) in [6, 6.07) is 2.08. The lowest BCUT2D eigenvalue weighted by Crippen LogP contribution is -2.55. The van der Waals surface area contributed by atoms with E-state index < -0.39 is 28.6 Å². The number of amides is 1. The van der Waals surface area contributed by atoms with Gasteiger partial charge in [-0.1, -0.05) is 41.0 Å². The predicted molar refractivity (Wildman–Crippen MR) is 79.5 cm³/mol. The molecule has 0 unspecified atom stereocenters. The summed E-state index contributed by atoms with van der Waals surface area (Å²) in [6.45, 7) is 0. The summed E-state index contributed by atoms with van der Waals surface area (Å²) in [5.41, 5.74) is 4.23. The van der Waals surface area contributed by atoms with E-state index in [0.717, 1.165) is 25.0 Å². The summed E-state index contributed by atoms with van der Waals surface area (Å²) in [4.78, 5) is 12.3. The average molecular weight is 363 g/mol. The standard InChI is InChI=1S/C13H13BrF2N2OS/c14-7-5-8(15)10(9(16)6-7)11(19)18-13(12(17)20)3-1-2-4-13/h5-6H,1-4H2,(H2,17,20)(H,18,19). The van der Waals surface area contributed by atoms with Crippen molar-refractivity contribution in [3.63, 3.8) is 0 Å². The number of rotatable bonds is 3. The molecule has 0 heterocycles. The molecule has 0 bridgehead atoms. The second-order valence-electron chi connectivity index (χ2n) is 4.85. The molecule has 1 amide bonds. The predicted octanol–water partition coefficient (Wildman–Crippen LogP) is 3.06. The van der Waals surface area contributed by atoms with Crippen molar-refractivity contribution in [2.75, 3.05) is 0 Å². The van der Waals surface area contributed by atoms with Crippen LogP contribution in [0.2, 0.25) is 0 Å². The summed E-state index contributed by atoms with van der Waals surface area (Å²) < 4.78 is 27.8. The average Bonchev–Trinajstić information content (AvgIpc) is 2.77. The quantitative estimate of drug-likeness (QED) is 0.812. The van der Waals surface area contributed by atoms with Gasteiger partial charge in [0.05, 0.1) is 10.5 Å².